The minimum atomic E-state index is -0.955. The van der Waals surface area contributed by atoms with Crippen LogP contribution < -0.4 is 5.73 Å². The fourth-order valence-electron chi connectivity index (χ4n) is 3.21. The summed E-state index contributed by atoms with van der Waals surface area (Å²) in [6.45, 7) is 6.43. The maximum absolute atomic E-state index is 12.8. The molecule has 0 aromatic heterocycles. The van der Waals surface area contributed by atoms with Gasteiger partial charge in [0.15, 0.2) is 0 Å². The predicted molar refractivity (Wildman–Crippen MR) is 86.8 cm³/mol. The molecule has 0 spiro atoms. The van der Waals surface area contributed by atoms with Crippen LogP contribution in [-0.4, -0.2) is 23.9 Å². The molecule has 1 aliphatic rings. The van der Waals surface area contributed by atoms with E-state index in [1.54, 1.807) is 0 Å². The van der Waals surface area contributed by atoms with Crippen LogP contribution in [0.5, 0.6) is 0 Å². The Labute approximate surface area is 128 Å². The van der Waals surface area contributed by atoms with Gasteiger partial charge in [0.1, 0.15) is 5.54 Å². The monoisotopic (exact) mass is 288 g/mol. The zero-order chi connectivity index (χ0) is 15.7. The number of rotatable bonds is 3. The predicted octanol–water partition coefficient (Wildman–Crippen LogP) is 3.29. The smallest absolute Gasteiger partial charge is 0.246 e. The average molecular weight is 288 g/mol. The second-order valence-corrected chi connectivity index (χ2v) is 7.38. The molecule has 1 saturated carbocycles. The van der Waals surface area contributed by atoms with Gasteiger partial charge in [-0.2, -0.15) is 0 Å². The Bertz CT molecular complexity index is 483. The van der Waals surface area contributed by atoms with E-state index in [1.165, 1.54) is 12.8 Å². The topological polar surface area (TPSA) is 46.3 Å². The first-order valence-electron chi connectivity index (χ1n) is 7.86. The van der Waals surface area contributed by atoms with Gasteiger partial charge in [0.2, 0.25) is 5.91 Å². The molecule has 3 nitrogen and oxygen atoms in total. The van der Waals surface area contributed by atoms with Gasteiger partial charge in [-0.1, -0.05) is 44.2 Å². The summed E-state index contributed by atoms with van der Waals surface area (Å²) in [6.07, 6.45) is 4.48. The van der Waals surface area contributed by atoms with Crippen LogP contribution in [0.15, 0.2) is 30.3 Å². The molecular formula is C18H28N2O. The molecule has 1 aliphatic carbocycles. The summed E-state index contributed by atoms with van der Waals surface area (Å²) < 4.78 is 0. The lowest BCUT2D eigenvalue weighted by molar-refractivity contribution is -0.138. The summed E-state index contributed by atoms with van der Waals surface area (Å²) in [7, 11) is 1.90. The van der Waals surface area contributed by atoms with Crippen molar-refractivity contribution in [1.82, 2.24) is 4.90 Å². The number of hydrogen-bond donors (Lipinski definition) is 1. The Morgan fingerprint density at radius 3 is 2.29 bits per heavy atom. The Hall–Kier alpha value is -1.35. The molecule has 116 valence electrons. The largest absolute Gasteiger partial charge is 0.341 e. The third kappa shape index (κ3) is 3.46. The molecule has 1 aromatic carbocycles. The molecule has 3 heteroatoms. The molecule has 2 N–H and O–H groups in total. The summed E-state index contributed by atoms with van der Waals surface area (Å²) in [4.78, 5) is 14.7. The fraction of sp³-hybridized carbons (Fsp3) is 0.611. The molecule has 1 unspecified atom stereocenters. The molecule has 1 fully saturated rings. The van der Waals surface area contributed by atoms with Crippen LogP contribution in [0, 0.1) is 5.41 Å². The van der Waals surface area contributed by atoms with Gasteiger partial charge in [-0.05, 0) is 43.6 Å². The molecular weight excluding hydrogens is 260 g/mol. The number of nitrogens with two attached hydrogens (primary N) is 1. The molecule has 0 radical (unpaired) electrons. The van der Waals surface area contributed by atoms with Gasteiger partial charge >= 0.3 is 0 Å². The lowest BCUT2D eigenvalue weighted by Crippen LogP contribution is -2.53. The zero-order valence-electron chi connectivity index (χ0n) is 13.7. The van der Waals surface area contributed by atoms with Crippen LogP contribution in [-0.2, 0) is 10.3 Å². The van der Waals surface area contributed by atoms with Crippen molar-refractivity contribution in [3.63, 3.8) is 0 Å². The maximum Gasteiger partial charge on any atom is 0.246 e. The maximum atomic E-state index is 12.8. The van der Waals surface area contributed by atoms with Crippen LogP contribution in [0.1, 0.15) is 52.0 Å². The average Bonchev–Trinajstić information content (AvgIpc) is 2.46. The number of carbonyl (C=O) groups excluding carboxylic acids is 1. The van der Waals surface area contributed by atoms with Crippen LogP contribution in [0.2, 0.25) is 0 Å². The lowest BCUT2D eigenvalue weighted by Gasteiger charge is -2.41. The number of carbonyl (C=O) groups is 1. The third-order valence-corrected chi connectivity index (χ3v) is 4.99. The van der Waals surface area contributed by atoms with E-state index in [4.69, 9.17) is 5.73 Å². The van der Waals surface area contributed by atoms with E-state index < -0.39 is 5.54 Å². The quantitative estimate of drug-likeness (QED) is 0.927. The van der Waals surface area contributed by atoms with Gasteiger partial charge in [-0.3, -0.25) is 4.79 Å². The highest BCUT2D eigenvalue weighted by atomic mass is 16.2. The molecule has 1 atom stereocenters. The number of likely N-dealkylation sites (N-methyl/N-ethyl adjacent to an activating group) is 1. The molecule has 0 aliphatic heterocycles. The molecule has 0 heterocycles. The van der Waals surface area contributed by atoms with E-state index in [0.29, 0.717) is 11.5 Å². The molecule has 0 saturated heterocycles. The minimum Gasteiger partial charge on any atom is -0.341 e. The third-order valence-electron chi connectivity index (χ3n) is 4.99. The van der Waals surface area contributed by atoms with E-state index in [9.17, 15) is 4.79 Å². The summed E-state index contributed by atoms with van der Waals surface area (Å²) in [5.41, 5.74) is 6.68. The minimum absolute atomic E-state index is 0.0124. The SMILES string of the molecule is CN(C(=O)C(C)(N)c1ccccc1)C1CCC(C)(C)CC1. The summed E-state index contributed by atoms with van der Waals surface area (Å²) in [6, 6.07) is 9.97. The van der Waals surface area contributed by atoms with E-state index >= 15 is 0 Å². The van der Waals surface area contributed by atoms with Gasteiger partial charge in [-0.15, -0.1) is 0 Å². The first-order chi connectivity index (χ1) is 9.74. The molecule has 0 bridgehead atoms. The number of benzene rings is 1. The van der Waals surface area contributed by atoms with Crippen molar-refractivity contribution >= 4 is 5.91 Å². The highest BCUT2D eigenvalue weighted by Gasteiger charge is 2.37. The number of hydrogen-bond acceptors (Lipinski definition) is 2. The van der Waals surface area contributed by atoms with Crippen LogP contribution >= 0.6 is 0 Å². The van der Waals surface area contributed by atoms with Gasteiger partial charge in [0.25, 0.3) is 0 Å². The van der Waals surface area contributed by atoms with Crippen molar-refractivity contribution in [2.75, 3.05) is 7.05 Å². The van der Waals surface area contributed by atoms with Crippen molar-refractivity contribution in [1.29, 1.82) is 0 Å². The number of nitrogens with zero attached hydrogens (tertiary/aromatic N) is 1. The first kappa shape index (κ1) is 16.0. The van der Waals surface area contributed by atoms with Crippen molar-refractivity contribution < 1.29 is 4.79 Å². The highest BCUT2D eigenvalue weighted by Crippen LogP contribution is 2.37. The van der Waals surface area contributed by atoms with E-state index in [-0.39, 0.29) is 5.91 Å². The lowest BCUT2D eigenvalue weighted by atomic mass is 9.75. The first-order valence-corrected chi connectivity index (χ1v) is 7.86. The van der Waals surface area contributed by atoms with Crippen molar-refractivity contribution in [2.45, 2.75) is 58.0 Å². The fourth-order valence-corrected chi connectivity index (χ4v) is 3.21. The van der Waals surface area contributed by atoms with Crippen LogP contribution in [0.4, 0.5) is 0 Å². The van der Waals surface area contributed by atoms with Gasteiger partial charge in [-0.25, -0.2) is 0 Å². The Kier molecular flexibility index (Phi) is 4.43. The highest BCUT2D eigenvalue weighted by molar-refractivity contribution is 5.87. The Morgan fingerprint density at radius 1 is 1.24 bits per heavy atom. The van der Waals surface area contributed by atoms with E-state index in [2.05, 4.69) is 13.8 Å². The van der Waals surface area contributed by atoms with E-state index in [1.807, 2.05) is 49.2 Å². The second kappa shape index (κ2) is 5.80. The van der Waals surface area contributed by atoms with Crippen LogP contribution in [0.3, 0.4) is 0 Å². The Balaban J connectivity index is 2.09. The summed E-state index contributed by atoms with van der Waals surface area (Å²) in [5.74, 6) is 0.0124. The van der Waals surface area contributed by atoms with Crippen molar-refractivity contribution in [2.24, 2.45) is 11.1 Å². The molecule has 1 aromatic rings. The van der Waals surface area contributed by atoms with Crippen LogP contribution in [0.25, 0.3) is 0 Å². The van der Waals surface area contributed by atoms with Crippen molar-refractivity contribution in [3.8, 4) is 0 Å². The second-order valence-electron chi connectivity index (χ2n) is 7.38. The summed E-state index contributed by atoms with van der Waals surface area (Å²) in [5, 5.41) is 0. The Morgan fingerprint density at radius 2 is 1.76 bits per heavy atom. The van der Waals surface area contributed by atoms with Crippen molar-refractivity contribution in [3.05, 3.63) is 35.9 Å². The normalized spacial score (nSPS) is 21.6. The van der Waals surface area contributed by atoms with Gasteiger partial charge in [0, 0.05) is 13.1 Å². The summed E-state index contributed by atoms with van der Waals surface area (Å²) >= 11 is 0. The van der Waals surface area contributed by atoms with Gasteiger partial charge < -0.3 is 10.6 Å². The number of amides is 1. The molecule has 21 heavy (non-hydrogen) atoms. The van der Waals surface area contributed by atoms with E-state index in [0.717, 1.165) is 18.4 Å². The standard InChI is InChI=1S/C18H28N2O/c1-17(2)12-10-15(11-13-17)20(4)16(21)18(3,19)14-8-6-5-7-9-14/h5-9,15H,10-13,19H2,1-4H3. The van der Waals surface area contributed by atoms with Gasteiger partial charge in [0.05, 0.1) is 0 Å². The molecule has 1 amide bonds. The zero-order valence-corrected chi connectivity index (χ0v) is 13.7. The molecule has 2 rings (SSSR count).